The third-order valence-electron chi connectivity index (χ3n) is 5.33. The van der Waals surface area contributed by atoms with E-state index in [9.17, 15) is 0 Å². The van der Waals surface area contributed by atoms with E-state index < -0.39 is 0 Å². The Bertz CT molecular complexity index is 480. The minimum absolute atomic E-state index is 0.483. The first-order valence-corrected chi connectivity index (χ1v) is 8.02. The van der Waals surface area contributed by atoms with Crippen molar-refractivity contribution in [3.63, 3.8) is 0 Å². The minimum Gasteiger partial charge on any atom is -0.312 e. The van der Waals surface area contributed by atoms with Crippen molar-refractivity contribution in [1.82, 2.24) is 10.2 Å². The topological polar surface area (TPSA) is 15.3 Å². The van der Waals surface area contributed by atoms with Crippen LogP contribution in [0.25, 0.3) is 0 Å². The molecule has 0 amide bonds. The summed E-state index contributed by atoms with van der Waals surface area (Å²) in [4.78, 5) is 2.73. The van der Waals surface area contributed by atoms with Gasteiger partial charge in [0.2, 0.25) is 0 Å². The van der Waals surface area contributed by atoms with E-state index in [2.05, 4.69) is 62.3 Å². The van der Waals surface area contributed by atoms with Crippen molar-refractivity contribution < 1.29 is 0 Å². The molecule has 1 saturated heterocycles. The van der Waals surface area contributed by atoms with Crippen molar-refractivity contribution in [3.8, 4) is 0 Å². The molecule has 1 aliphatic heterocycles. The highest BCUT2D eigenvalue weighted by Crippen LogP contribution is 2.42. The molecule has 1 aliphatic carbocycles. The van der Waals surface area contributed by atoms with Crippen LogP contribution in [0.1, 0.15) is 56.7 Å². The number of nitrogens with zero attached hydrogens (tertiary/aromatic N) is 1. The van der Waals surface area contributed by atoms with E-state index in [1.165, 1.54) is 31.5 Å². The summed E-state index contributed by atoms with van der Waals surface area (Å²) in [6.07, 6.45) is 2.61. The number of likely N-dealkylation sites (tertiary alicyclic amines) is 1. The van der Waals surface area contributed by atoms with Gasteiger partial charge < -0.3 is 5.32 Å². The summed E-state index contributed by atoms with van der Waals surface area (Å²) in [7, 11) is 2.12. The molecule has 1 fully saturated rings. The van der Waals surface area contributed by atoms with Crippen LogP contribution in [0.4, 0.5) is 0 Å². The molecule has 3 atom stereocenters. The maximum absolute atomic E-state index is 3.59. The molecule has 0 bridgehead atoms. The van der Waals surface area contributed by atoms with E-state index in [4.69, 9.17) is 0 Å². The van der Waals surface area contributed by atoms with Crippen LogP contribution in [0, 0.1) is 5.41 Å². The number of fused-ring (bicyclic) bond motifs is 1. The summed E-state index contributed by atoms with van der Waals surface area (Å²) in [6, 6.07) is 10.1. The van der Waals surface area contributed by atoms with Crippen molar-refractivity contribution in [3.05, 3.63) is 35.4 Å². The number of likely N-dealkylation sites (N-methyl/N-ethyl adjacent to an activating group) is 1. The van der Waals surface area contributed by atoms with E-state index in [0.717, 1.165) is 0 Å². The van der Waals surface area contributed by atoms with E-state index >= 15 is 0 Å². The highest BCUT2D eigenvalue weighted by Gasteiger charge is 2.40. The number of hydrogen-bond acceptors (Lipinski definition) is 2. The van der Waals surface area contributed by atoms with E-state index in [1.807, 2.05) is 0 Å². The second-order valence-corrected chi connectivity index (χ2v) is 7.48. The molecule has 110 valence electrons. The summed E-state index contributed by atoms with van der Waals surface area (Å²) >= 11 is 0. The van der Waals surface area contributed by atoms with Crippen LogP contribution < -0.4 is 5.32 Å². The van der Waals surface area contributed by atoms with E-state index in [-0.39, 0.29) is 0 Å². The SMILES string of the molecule is CNC1c2ccccc2C(C)CC1N1CCC(C)(C)C1. The Kier molecular flexibility index (Phi) is 3.64. The largest absolute Gasteiger partial charge is 0.312 e. The van der Waals surface area contributed by atoms with Crippen LogP contribution in [0.3, 0.4) is 0 Å². The van der Waals surface area contributed by atoms with Gasteiger partial charge in [-0.05, 0) is 48.9 Å². The van der Waals surface area contributed by atoms with Crippen molar-refractivity contribution in [2.45, 2.75) is 51.6 Å². The Hall–Kier alpha value is -0.860. The van der Waals surface area contributed by atoms with Gasteiger partial charge in [0.05, 0.1) is 0 Å². The standard InChI is InChI=1S/C18H28N2/c1-13-11-16(20-10-9-18(2,3)12-20)17(19-4)15-8-6-5-7-14(13)15/h5-8,13,16-17,19H,9-12H2,1-4H3. The van der Waals surface area contributed by atoms with Crippen LogP contribution in [-0.4, -0.2) is 31.1 Å². The summed E-state index contributed by atoms with van der Waals surface area (Å²) in [5.41, 5.74) is 3.54. The first kappa shape index (κ1) is 14.1. The molecule has 20 heavy (non-hydrogen) atoms. The van der Waals surface area contributed by atoms with Gasteiger partial charge in [0, 0.05) is 18.6 Å². The van der Waals surface area contributed by atoms with Crippen LogP contribution in [0.15, 0.2) is 24.3 Å². The number of benzene rings is 1. The Morgan fingerprint density at radius 1 is 1.20 bits per heavy atom. The lowest BCUT2D eigenvalue weighted by molar-refractivity contribution is 0.153. The molecule has 0 spiro atoms. The van der Waals surface area contributed by atoms with Gasteiger partial charge in [-0.1, -0.05) is 45.0 Å². The maximum atomic E-state index is 3.59. The molecule has 2 aliphatic rings. The van der Waals surface area contributed by atoms with Crippen LogP contribution in [0.2, 0.25) is 0 Å². The fraction of sp³-hybridized carbons (Fsp3) is 0.667. The van der Waals surface area contributed by atoms with Gasteiger partial charge in [-0.25, -0.2) is 0 Å². The molecule has 0 radical (unpaired) electrons. The second kappa shape index (κ2) is 5.16. The molecule has 1 heterocycles. The number of rotatable bonds is 2. The van der Waals surface area contributed by atoms with Crippen LogP contribution >= 0.6 is 0 Å². The van der Waals surface area contributed by atoms with Gasteiger partial charge in [0.15, 0.2) is 0 Å². The van der Waals surface area contributed by atoms with Gasteiger partial charge in [0.1, 0.15) is 0 Å². The summed E-state index contributed by atoms with van der Waals surface area (Å²) in [6.45, 7) is 9.69. The fourth-order valence-corrected chi connectivity index (χ4v) is 4.22. The molecule has 1 aromatic carbocycles. The molecule has 0 aromatic heterocycles. The van der Waals surface area contributed by atoms with Gasteiger partial charge in [-0.2, -0.15) is 0 Å². The van der Waals surface area contributed by atoms with Gasteiger partial charge in [-0.3, -0.25) is 4.90 Å². The second-order valence-electron chi connectivity index (χ2n) is 7.48. The highest BCUT2D eigenvalue weighted by molar-refractivity contribution is 5.36. The fourth-order valence-electron chi connectivity index (χ4n) is 4.22. The predicted molar refractivity (Wildman–Crippen MR) is 85.0 cm³/mol. The molecule has 3 unspecified atom stereocenters. The molecule has 1 N–H and O–H groups in total. The Labute approximate surface area is 123 Å². The van der Waals surface area contributed by atoms with Crippen molar-refractivity contribution >= 4 is 0 Å². The summed E-state index contributed by atoms with van der Waals surface area (Å²) in [5, 5.41) is 3.59. The third kappa shape index (κ3) is 2.40. The molecular formula is C18H28N2. The molecule has 0 saturated carbocycles. The lowest BCUT2D eigenvalue weighted by atomic mass is 9.77. The molecule has 3 rings (SSSR count). The average molecular weight is 272 g/mol. The zero-order chi connectivity index (χ0) is 14.3. The maximum Gasteiger partial charge on any atom is 0.0478 e. The van der Waals surface area contributed by atoms with Crippen molar-refractivity contribution in [2.75, 3.05) is 20.1 Å². The Balaban J connectivity index is 1.90. The first-order valence-electron chi connectivity index (χ1n) is 8.02. The minimum atomic E-state index is 0.483. The van der Waals surface area contributed by atoms with Crippen LogP contribution in [-0.2, 0) is 0 Å². The number of nitrogens with one attached hydrogen (secondary N) is 1. The van der Waals surface area contributed by atoms with Gasteiger partial charge in [0.25, 0.3) is 0 Å². The smallest absolute Gasteiger partial charge is 0.0478 e. The summed E-state index contributed by atoms with van der Waals surface area (Å²) in [5.74, 6) is 0.671. The molecular weight excluding hydrogens is 244 g/mol. The zero-order valence-corrected chi connectivity index (χ0v) is 13.3. The van der Waals surface area contributed by atoms with Crippen molar-refractivity contribution in [2.24, 2.45) is 5.41 Å². The van der Waals surface area contributed by atoms with Crippen molar-refractivity contribution in [1.29, 1.82) is 0 Å². The van der Waals surface area contributed by atoms with E-state index in [0.29, 0.717) is 23.4 Å². The number of hydrogen-bond donors (Lipinski definition) is 1. The quantitative estimate of drug-likeness (QED) is 0.885. The molecule has 2 nitrogen and oxygen atoms in total. The highest BCUT2D eigenvalue weighted by atomic mass is 15.2. The third-order valence-corrected chi connectivity index (χ3v) is 5.33. The lowest BCUT2D eigenvalue weighted by Gasteiger charge is -2.42. The lowest BCUT2D eigenvalue weighted by Crippen LogP contribution is -2.46. The zero-order valence-electron chi connectivity index (χ0n) is 13.3. The monoisotopic (exact) mass is 272 g/mol. The van der Waals surface area contributed by atoms with Gasteiger partial charge in [-0.15, -0.1) is 0 Å². The molecule has 2 heteroatoms. The average Bonchev–Trinajstić information content (AvgIpc) is 2.79. The van der Waals surface area contributed by atoms with E-state index in [1.54, 1.807) is 5.56 Å². The van der Waals surface area contributed by atoms with Crippen LogP contribution in [0.5, 0.6) is 0 Å². The predicted octanol–water partition coefficient (Wildman–Crippen LogP) is 3.55. The molecule has 1 aromatic rings. The Morgan fingerprint density at radius 2 is 1.90 bits per heavy atom. The summed E-state index contributed by atoms with van der Waals surface area (Å²) < 4.78 is 0. The first-order chi connectivity index (χ1) is 9.52. The Morgan fingerprint density at radius 3 is 2.50 bits per heavy atom. The van der Waals surface area contributed by atoms with Gasteiger partial charge >= 0.3 is 0 Å². The normalized spacial score (nSPS) is 33.1.